The Morgan fingerprint density at radius 1 is 0.971 bits per heavy atom. The molecule has 0 unspecified atom stereocenters. The van der Waals surface area contributed by atoms with Crippen LogP contribution in [0.5, 0.6) is 0 Å². The number of halogens is 4. The number of benzene rings is 2. The highest BCUT2D eigenvalue weighted by Gasteiger charge is 2.56. The summed E-state index contributed by atoms with van der Waals surface area (Å²) in [6.45, 7) is 0. The molecule has 4 fully saturated rings. The number of hydrogen-bond donors (Lipinski definition) is 1. The average molecular weight is 492 g/mol. The number of nitrogens with one attached hydrogen (secondary N) is 1. The molecule has 4 nitrogen and oxygen atoms in total. The lowest BCUT2D eigenvalue weighted by Gasteiger charge is -2.55. The van der Waals surface area contributed by atoms with Crippen molar-refractivity contribution in [1.82, 2.24) is 0 Å². The van der Waals surface area contributed by atoms with Gasteiger partial charge < -0.3 is 10.1 Å². The second-order valence-electron chi connectivity index (χ2n) is 10.1. The van der Waals surface area contributed by atoms with Crippen molar-refractivity contribution in [2.45, 2.75) is 50.8 Å². The fraction of sp³-hybridized carbons (Fsp3) is 0.462. The van der Waals surface area contributed by atoms with E-state index in [-0.39, 0.29) is 11.7 Å². The first kappa shape index (κ1) is 23.2. The molecule has 2 aromatic carbocycles. The van der Waals surface area contributed by atoms with Gasteiger partial charge >= 0.3 is 12.1 Å². The first-order chi connectivity index (χ1) is 16.1. The molecule has 0 radical (unpaired) electrons. The normalized spacial score (nSPS) is 28.4. The number of amides is 1. The van der Waals surface area contributed by atoms with Crippen LogP contribution in [-0.2, 0) is 20.5 Å². The van der Waals surface area contributed by atoms with Crippen LogP contribution in [0.3, 0.4) is 0 Å². The molecule has 0 aliphatic heterocycles. The number of esters is 1. The van der Waals surface area contributed by atoms with Crippen LogP contribution in [-0.4, -0.2) is 11.9 Å². The molecule has 2 aromatic rings. The molecule has 4 saturated carbocycles. The molecular formula is C26H25ClF3NO3. The van der Waals surface area contributed by atoms with Crippen LogP contribution in [0, 0.1) is 23.2 Å². The molecule has 0 heterocycles. The Morgan fingerprint density at radius 2 is 1.56 bits per heavy atom. The first-order valence-corrected chi connectivity index (χ1v) is 11.9. The molecule has 0 aromatic heterocycles. The molecule has 4 aliphatic rings. The highest BCUT2D eigenvalue weighted by molar-refractivity contribution is 6.31. The molecule has 0 spiro atoms. The molecule has 1 N–H and O–H groups in total. The minimum Gasteiger partial charge on any atom is -0.447 e. The Hall–Kier alpha value is -2.54. The second kappa shape index (κ2) is 8.59. The van der Waals surface area contributed by atoms with Crippen LogP contribution in [0.2, 0.25) is 5.02 Å². The third kappa shape index (κ3) is 4.42. The molecule has 1 amide bonds. The lowest BCUT2D eigenvalue weighted by molar-refractivity contribution is -0.179. The highest BCUT2D eigenvalue weighted by Crippen LogP contribution is 2.60. The Labute approximate surface area is 200 Å². The zero-order valence-electron chi connectivity index (χ0n) is 18.4. The maximum Gasteiger partial charge on any atom is 0.417 e. The van der Waals surface area contributed by atoms with Gasteiger partial charge in [-0.05, 0) is 74.5 Å². The fourth-order valence-electron chi connectivity index (χ4n) is 6.52. The molecule has 180 valence electrons. The van der Waals surface area contributed by atoms with E-state index in [0.717, 1.165) is 50.7 Å². The number of alkyl halides is 3. The van der Waals surface area contributed by atoms with E-state index in [4.69, 9.17) is 16.3 Å². The monoisotopic (exact) mass is 491 g/mol. The van der Waals surface area contributed by atoms with Gasteiger partial charge in [0.15, 0.2) is 0 Å². The van der Waals surface area contributed by atoms with Gasteiger partial charge in [0.05, 0.1) is 16.0 Å². The van der Waals surface area contributed by atoms with Crippen LogP contribution in [0.15, 0.2) is 48.5 Å². The predicted molar refractivity (Wildman–Crippen MR) is 121 cm³/mol. The molecule has 6 rings (SSSR count). The summed E-state index contributed by atoms with van der Waals surface area (Å²) in [5, 5.41) is 2.02. The van der Waals surface area contributed by atoms with E-state index in [1.807, 2.05) is 0 Å². The zero-order valence-corrected chi connectivity index (χ0v) is 19.2. The number of ether oxygens (including phenoxy) is 1. The van der Waals surface area contributed by atoms with Gasteiger partial charge in [0, 0.05) is 11.3 Å². The standard InChI is InChI=1S/C26H25ClF3NO3/c27-21-7-6-19(11-20(21)26(28,29)30)31-23(32)22(18-4-2-1-3-5-18)34-24(33)25-12-15-8-16(13-25)10-17(9-15)14-25/h1-7,11,15-17,22H,8-10,12-14H2,(H,31,32)/t15?,16?,17?,22-,25?/m1/s1. The van der Waals surface area contributed by atoms with Crippen LogP contribution in [0.4, 0.5) is 18.9 Å². The average Bonchev–Trinajstić information content (AvgIpc) is 2.77. The van der Waals surface area contributed by atoms with Gasteiger partial charge in [-0.25, -0.2) is 0 Å². The van der Waals surface area contributed by atoms with E-state index in [0.29, 0.717) is 23.3 Å². The minimum absolute atomic E-state index is 0.0755. The van der Waals surface area contributed by atoms with Crippen molar-refractivity contribution in [3.63, 3.8) is 0 Å². The zero-order chi connectivity index (χ0) is 24.1. The van der Waals surface area contributed by atoms with Gasteiger partial charge in [-0.15, -0.1) is 0 Å². The SMILES string of the molecule is O=C(Nc1ccc(Cl)c(C(F)(F)F)c1)[C@H](OC(=O)C12CC3CC(CC(C3)C1)C2)c1ccccc1. The van der Waals surface area contributed by atoms with E-state index in [1.54, 1.807) is 30.3 Å². The lowest BCUT2D eigenvalue weighted by Crippen LogP contribution is -2.51. The summed E-state index contributed by atoms with van der Waals surface area (Å²) in [6, 6.07) is 11.7. The number of rotatable bonds is 5. The topological polar surface area (TPSA) is 55.4 Å². The van der Waals surface area contributed by atoms with Gasteiger partial charge in [-0.1, -0.05) is 41.9 Å². The number of anilines is 1. The second-order valence-corrected chi connectivity index (χ2v) is 10.5. The summed E-state index contributed by atoms with van der Waals surface area (Å²) < 4.78 is 45.6. The Kier molecular flexibility index (Phi) is 5.87. The Bertz CT molecular complexity index is 1070. The largest absolute Gasteiger partial charge is 0.447 e. The smallest absolute Gasteiger partial charge is 0.417 e. The summed E-state index contributed by atoms with van der Waals surface area (Å²) in [6.07, 6.45) is -0.102. The maximum atomic E-state index is 13.5. The van der Waals surface area contributed by atoms with Gasteiger partial charge in [-0.3, -0.25) is 9.59 Å². The number of carbonyl (C=O) groups excluding carboxylic acids is 2. The third-order valence-electron chi connectivity index (χ3n) is 7.58. The summed E-state index contributed by atoms with van der Waals surface area (Å²) in [7, 11) is 0. The summed E-state index contributed by atoms with van der Waals surface area (Å²) in [5.41, 5.74) is -1.23. The van der Waals surface area contributed by atoms with Crippen molar-refractivity contribution in [2.75, 3.05) is 5.32 Å². The van der Waals surface area contributed by atoms with Crippen LogP contribution >= 0.6 is 11.6 Å². The maximum absolute atomic E-state index is 13.5. The fourth-order valence-corrected chi connectivity index (χ4v) is 6.75. The van der Waals surface area contributed by atoms with E-state index >= 15 is 0 Å². The van der Waals surface area contributed by atoms with E-state index in [2.05, 4.69) is 5.32 Å². The van der Waals surface area contributed by atoms with Crippen molar-refractivity contribution in [3.8, 4) is 0 Å². The molecule has 4 bridgehead atoms. The summed E-state index contributed by atoms with van der Waals surface area (Å²) in [4.78, 5) is 26.7. The Balaban J connectivity index is 1.39. The van der Waals surface area contributed by atoms with Crippen LogP contribution in [0.25, 0.3) is 0 Å². The van der Waals surface area contributed by atoms with Crippen molar-refractivity contribution in [1.29, 1.82) is 0 Å². The molecule has 4 aliphatic carbocycles. The van der Waals surface area contributed by atoms with Crippen molar-refractivity contribution < 1.29 is 27.5 Å². The lowest BCUT2D eigenvalue weighted by atomic mass is 9.49. The first-order valence-electron chi connectivity index (χ1n) is 11.6. The number of carbonyl (C=O) groups is 2. The highest BCUT2D eigenvalue weighted by atomic mass is 35.5. The van der Waals surface area contributed by atoms with Gasteiger partial charge in [-0.2, -0.15) is 13.2 Å². The molecule has 8 heteroatoms. The number of hydrogen-bond acceptors (Lipinski definition) is 3. The molecule has 0 saturated heterocycles. The third-order valence-corrected chi connectivity index (χ3v) is 7.91. The Morgan fingerprint density at radius 3 is 2.12 bits per heavy atom. The van der Waals surface area contributed by atoms with Crippen LogP contribution in [0.1, 0.15) is 55.8 Å². The van der Waals surface area contributed by atoms with Gasteiger partial charge in [0.1, 0.15) is 0 Å². The molecule has 34 heavy (non-hydrogen) atoms. The quantitative estimate of drug-likeness (QED) is 0.468. The molecular weight excluding hydrogens is 467 g/mol. The van der Waals surface area contributed by atoms with E-state index in [1.165, 1.54) is 6.07 Å². The predicted octanol–water partition coefficient (Wildman–Crippen LogP) is 6.80. The van der Waals surface area contributed by atoms with Crippen molar-refractivity contribution in [2.24, 2.45) is 23.2 Å². The minimum atomic E-state index is -4.67. The van der Waals surface area contributed by atoms with Gasteiger partial charge in [0.25, 0.3) is 5.91 Å². The van der Waals surface area contributed by atoms with Crippen molar-refractivity contribution >= 4 is 29.2 Å². The van der Waals surface area contributed by atoms with Crippen LogP contribution < -0.4 is 5.32 Å². The van der Waals surface area contributed by atoms with E-state index < -0.39 is 34.2 Å². The summed E-state index contributed by atoms with van der Waals surface area (Å²) in [5.74, 6) is 0.496. The van der Waals surface area contributed by atoms with Gasteiger partial charge in [0.2, 0.25) is 6.10 Å². The molecule has 1 atom stereocenters. The van der Waals surface area contributed by atoms with Crippen molar-refractivity contribution in [3.05, 3.63) is 64.7 Å². The summed E-state index contributed by atoms with van der Waals surface area (Å²) >= 11 is 5.69. The van der Waals surface area contributed by atoms with E-state index in [9.17, 15) is 22.8 Å².